The molecular formula is C55H108O16S. The summed E-state index contributed by atoms with van der Waals surface area (Å²) in [6.45, 7) is 22.6. The van der Waals surface area contributed by atoms with E-state index in [-0.39, 0.29) is 13.2 Å². The maximum absolute atomic E-state index is 11.8. The van der Waals surface area contributed by atoms with Gasteiger partial charge in [-0.1, -0.05) is 185 Å². The molecule has 0 aromatic heterocycles. The second kappa shape index (κ2) is 37.2. The number of hydrogen-bond donors (Lipinski definition) is 7. The minimum absolute atomic E-state index is 0.144. The van der Waals surface area contributed by atoms with Gasteiger partial charge >= 0.3 is 10.4 Å². The van der Waals surface area contributed by atoms with Crippen LogP contribution in [0.1, 0.15) is 198 Å². The van der Waals surface area contributed by atoms with Crippen molar-refractivity contribution in [1.82, 2.24) is 0 Å². The van der Waals surface area contributed by atoms with Crippen molar-refractivity contribution >= 4 is 10.4 Å². The van der Waals surface area contributed by atoms with Gasteiger partial charge in [-0.25, -0.2) is 4.18 Å². The van der Waals surface area contributed by atoms with Gasteiger partial charge in [0.15, 0.2) is 18.7 Å². The predicted molar refractivity (Wildman–Crippen MR) is 280 cm³/mol. The third kappa shape index (κ3) is 28.7. The van der Waals surface area contributed by atoms with Crippen molar-refractivity contribution in [3.05, 3.63) is 0 Å². The molecule has 0 aliphatic carbocycles. The molecular weight excluding hydrogens is 949 g/mol. The van der Waals surface area contributed by atoms with E-state index in [0.29, 0.717) is 36.9 Å². The SMILES string of the molecule is CC(C)CCC[C@@H](C)CCC[C@@H](C)CCC[C@@H](C)CCOC[C@@H](CO[C@H]1O[C@H](CO)[C@@H](O)C(O)C1O[C@H]1O[C@H](CO)[C@@H](O)C(O)C1OS(=O)(=O)O)OCC[C@H](C)CCC[C@H](C)CCC[C@H](C)CCCC(C)C. The summed E-state index contributed by atoms with van der Waals surface area (Å²) in [5.74, 6) is 5.42. The molecule has 0 aromatic rings. The van der Waals surface area contributed by atoms with Gasteiger partial charge in [-0.05, 0) is 60.2 Å². The van der Waals surface area contributed by atoms with Crippen molar-refractivity contribution in [1.29, 1.82) is 0 Å². The summed E-state index contributed by atoms with van der Waals surface area (Å²) >= 11 is 0. The van der Waals surface area contributed by atoms with Gasteiger partial charge in [0.25, 0.3) is 0 Å². The normalized spacial score (nSPS) is 28.3. The van der Waals surface area contributed by atoms with Gasteiger partial charge < -0.3 is 59.1 Å². The van der Waals surface area contributed by atoms with E-state index in [0.717, 1.165) is 55.8 Å². The van der Waals surface area contributed by atoms with Crippen LogP contribution >= 0.6 is 0 Å². The van der Waals surface area contributed by atoms with Gasteiger partial charge in [0, 0.05) is 13.2 Å². The van der Waals surface area contributed by atoms with Crippen LogP contribution in [0.2, 0.25) is 0 Å². The van der Waals surface area contributed by atoms with Gasteiger partial charge in [0.1, 0.15) is 48.8 Å². The Balaban J connectivity index is 2.03. The monoisotopic (exact) mass is 1060 g/mol. The first kappa shape index (κ1) is 67.5. The minimum atomic E-state index is -5.25. The predicted octanol–water partition coefficient (Wildman–Crippen LogP) is 8.79. The summed E-state index contributed by atoms with van der Waals surface area (Å²) in [4.78, 5) is 0. The first-order valence-corrected chi connectivity index (χ1v) is 29.8. The first-order chi connectivity index (χ1) is 34.0. The molecule has 2 aliphatic rings. The van der Waals surface area contributed by atoms with Gasteiger partial charge in [0.2, 0.25) is 0 Å². The van der Waals surface area contributed by atoms with Crippen LogP contribution in [-0.2, 0) is 43.0 Å². The maximum atomic E-state index is 11.8. The third-order valence-corrected chi connectivity index (χ3v) is 15.6. The highest BCUT2D eigenvalue weighted by molar-refractivity contribution is 7.80. The molecule has 0 bridgehead atoms. The van der Waals surface area contributed by atoms with Crippen molar-refractivity contribution in [2.24, 2.45) is 47.3 Å². The summed E-state index contributed by atoms with van der Waals surface area (Å²) in [6.07, 6.45) is 6.15. The van der Waals surface area contributed by atoms with Gasteiger partial charge in [-0.15, -0.1) is 0 Å². The highest BCUT2D eigenvalue weighted by Gasteiger charge is 2.53. The van der Waals surface area contributed by atoms with Crippen LogP contribution in [0.25, 0.3) is 0 Å². The summed E-state index contributed by atoms with van der Waals surface area (Å²) in [5, 5.41) is 63.1. The Morgan fingerprint density at radius 2 is 0.819 bits per heavy atom. The maximum Gasteiger partial charge on any atom is 0.397 e. The number of ether oxygens (including phenoxy) is 6. The molecule has 0 aromatic carbocycles. The Hall–Kier alpha value is -0.610. The smallest absolute Gasteiger partial charge is 0.394 e. The highest BCUT2D eigenvalue weighted by Crippen LogP contribution is 2.32. The lowest BCUT2D eigenvalue weighted by atomic mass is 9.91. The van der Waals surface area contributed by atoms with Crippen molar-refractivity contribution in [3.8, 4) is 0 Å². The quantitative estimate of drug-likeness (QED) is 0.0223. The molecule has 7 N–H and O–H groups in total. The van der Waals surface area contributed by atoms with Crippen LogP contribution in [0, 0.1) is 47.3 Å². The van der Waals surface area contributed by atoms with E-state index in [1.807, 2.05) is 0 Å². The molecule has 17 atom stereocenters. The van der Waals surface area contributed by atoms with Crippen molar-refractivity contribution in [2.75, 3.05) is 39.6 Å². The first-order valence-electron chi connectivity index (χ1n) is 28.4. The molecule has 2 saturated heterocycles. The Bertz CT molecular complexity index is 1440. The fourth-order valence-corrected chi connectivity index (χ4v) is 10.5. The van der Waals surface area contributed by atoms with Crippen LogP contribution in [0.15, 0.2) is 0 Å². The Kier molecular flexibility index (Phi) is 34.9. The Labute approximate surface area is 437 Å². The zero-order valence-corrected chi connectivity index (χ0v) is 47.4. The van der Waals surface area contributed by atoms with Crippen molar-refractivity contribution in [2.45, 2.75) is 265 Å². The summed E-state index contributed by atoms with van der Waals surface area (Å²) in [7, 11) is -5.25. The zero-order valence-electron chi connectivity index (χ0n) is 46.6. The Morgan fingerprint density at radius 1 is 0.458 bits per heavy atom. The molecule has 0 saturated carbocycles. The van der Waals surface area contributed by atoms with E-state index < -0.39 is 91.1 Å². The average Bonchev–Trinajstić information content (AvgIpc) is 3.30. The molecule has 430 valence electrons. The fraction of sp³-hybridized carbons (Fsp3) is 1.00. The van der Waals surface area contributed by atoms with Crippen LogP contribution in [0.3, 0.4) is 0 Å². The second-order valence-corrected chi connectivity index (χ2v) is 24.5. The molecule has 72 heavy (non-hydrogen) atoms. The molecule has 2 aliphatic heterocycles. The van der Waals surface area contributed by atoms with Crippen molar-refractivity contribution in [3.63, 3.8) is 0 Å². The molecule has 2 rings (SSSR count). The van der Waals surface area contributed by atoms with E-state index >= 15 is 0 Å². The van der Waals surface area contributed by atoms with Crippen LogP contribution < -0.4 is 0 Å². The largest absolute Gasteiger partial charge is 0.397 e. The zero-order chi connectivity index (χ0) is 53.8. The lowest BCUT2D eigenvalue weighted by Gasteiger charge is -2.46. The van der Waals surface area contributed by atoms with E-state index in [1.54, 1.807) is 0 Å². The molecule has 0 spiro atoms. The molecule has 2 fully saturated rings. The molecule has 0 radical (unpaired) electrons. The van der Waals surface area contributed by atoms with E-state index in [2.05, 4.69) is 73.4 Å². The van der Waals surface area contributed by atoms with E-state index in [9.17, 15) is 43.6 Å². The molecule has 16 nitrogen and oxygen atoms in total. The van der Waals surface area contributed by atoms with Crippen LogP contribution in [0.4, 0.5) is 0 Å². The fourth-order valence-electron chi connectivity index (χ4n) is 10.1. The lowest BCUT2D eigenvalue weighted by molar-refractivity contribution is -0.366. The van der Waals surface area contributed by atoms with Gasteiger partial charge in [-0.3, -0.25) is 4.55 Å². The average molecular weight is 1060 g/mol. The standard InChI is InChI=1S/C55H108O16S/c1-37(2)17-11-19-39(5)21-13-23-41(7)25-15-27-43(9)29-31-65-35-45(66-32-30-44(10)28-16-26-42(8)24-14-22-40(6)20-12-18-38(3)4)36-67-54-52(50(60)48(58)46(33-56)68-54)70-55-53(71-72(62,63)64)51(61)49(59)47(34-57)69-55/h37-61H,11-36H2,1-10H3,(H,62,63,64)/t39-,40-,41-,42-,43-,44-,45+,46-,47-,48-,49-,50?,51?,52?,53?,54+,55-/m1/s1. The van der Waals surface area contributed by atoms with Crippen LogP contribution in [0.5, 0.6) is 0 Å². The number of aliphatic hydroxyl groups excluding tert-OH is 6. The number of rotatable bonds is 42. The summed E-state index contributed by atoms with van der Waals surface area (Å²) in [6, 6.07) is 0. The number of aliphatic hydroxyl groups is 6. The summed E-state index contributed by atoms with van der Waals surface area (Å²) in [5.41, 5.74) is 0. The lowest BCUT2D eigenvalue weighted by Crippen LogP contribution is -2.65. The Morgan fingerprint density at radius 3 is 1.21 bits per heavy atom. The third-order valence-electron chi connectivity index (χ3n) is 15.2. The topological polar surface area (TPSA) is 240 Å². The second-order valence-electron chi connectivity index (χ2n) is 23.5. The minimum Gasteiger partial charge on any atom is -0.394 e. The van der Waals surface area contributed by atoms with Gasteiger partial charge in [0.05, 0.1) is 26.4 Å². The molecule has 4 unspecified atom stereocenters. The van der Waals surface area contributed by atoms with E-state index in [1.165, 1.54) is 96.3 Å². The number of hydrogen-bond acceptors (Lipinski definition) is 15. The summed E-state index contributed by atoms with van der Waals surface area (Å²) < 4.78 is 73.7. The highest BCUT2D eigenvalue weighted by atomic mass is 32.3. The molecule has 17 heteroatoms. The molecule has 0 amide bonds. The van der Waals surface area contributed by atoms with Crippen molar-refractivity contribution < 1.29 is 76.2 Å². The van der Waals surface area contributed by atoms with Crippen LogP contribution in [-0.4, -0.2) is 151 Å². The van der Waals surface area contributed by atoms with Gasteiger partial charge in [-0.2, -0.15) is 8.42 Å². The van der Waals surface area contributed by atoms with E-state index in [4.69, 9.17) is 28.4 Å². The molecule has 2 heterocycles.